The average molecular weight is 637 g/mol. The number of carbonyl (C=O) groups excluding carboxylic acids is 3. The largest absolute Gasteiger partial charge is 0.525 e. The molecule has 2 atom stereocenters. The Bertz CT molecular complexity index is 1930. The SMILES string of the molecule is CCCC(NC(=O)c1ccc(C2=C3C=CC(=O)C=C3Cc3cc(O)ccc32)c(C)c1)C(N)C(=O)OB(c1ccccc1)c1ccccc1. The molecule has 0 spiro atoms. The molecule has 2 aliphatic rings. The molecule has 48 heavy (non-hydrogen) atoms. The van der Waals surface area contributed by atoms with Crippen LogP contribution in [0.25, 0.3) is 5.57 Å². The fourth-order valence-corrected chi connectivity index (χ4v) is 6.50. The van der Waals surface area contributed by atoms with Crippen molar-refractivity contribution in [3.63, 3.8) is 0 Å². The van der Waals surface area contributed by atoms with E-state index >= 15 is 0 Å². The highest BCUT2D eigenvalue weighted by Gasteiger charge is 2.33. The van der Waals surface area contributed by atoms with Gasteiger partial charge in [0.25, 0.3) is 5.91 Å². The Kier molecular flexibility index (Phi) is 9.55. The van der Waals surface area contributed by atoms with Crippen LogP contribution in [0.15, 0.2) is 126 Å². The van der Waals surface area contributed by atoms with Gasteiger partial charge in [-0.3, -0.25) is 14.4 Å². The van der Waals surface area contributed by atoms with Crippen LogP contribution in [0.3, 0.4) is 0 Å². The zero-order chi connectivity index (χ0) is 33.8. The lowest BCUT2D eigenvalue weighted by atomic mass is 9.55. The number of hydrogen-bond acceptors (Lipinski definition) is 6. The first-order valence-corrected chi connectivity index (χ1v) is 16.2. The zero-order valence-corrected chi connectivity index (χ0v) is 27.0. The Labute approximate surface area is 281 Å². The number of ketones is 1. The summed E-state index contributed by atoms with van der Waals surface area (Å²) in [6.45, 7) is 3.27. The first kappa shape index (κ1) is 32.5. The molecule has 0 bridgehead atoms. The molecule has 0 radical (unpaired) electrons. The van der Waals surface area contributed by atoms with Gasteiger partial charge in [0.05, 0.1) is 6.04 Å². The van der Waals surface area contributed by atoms with Crippen molar-refractivity contribution >= 4 is 41.1 Å². The molecule has 2 unspecified atom stereocenters. The number of hydrogen-bond donors (Lipinski definition) is 3. The maximum atomic E-state index is 13.6. The summed E-state index contributed by atoms with van der Waals surface area (Å²) < 4.78 is 6.02. The normalized spacial score (nSPS) is 14.7. The van der Waals surface area contributed by atoms with Crippen LogP contribution in [-0.4, -0.2) is 41.8 Å². The number of carbonyl (C=O) groups is 3. The summed E-state index contributed by atoms with van der Waals surface area (Å²) in [6.07, 6.45) is 6.77. The first-order chi connectivity index (χ1) is 23.2. The van der Waals surface area contributed by atoms with E-state index in [2.05, 4.69) is 5.32 Å². The number of aryl methyl sites for hydroxylation is 1. The molecular weight excluding hydrogens is 599 g/mol. The number of aromatic hydroxyl groups is 1. The molecule has 240 valence electrons. The van der Waals surface area contributed by atoms with E-state index in [1.54, 1.807) is 30.4 Å². The van der Waals surface area contributed by atoms with Gasteiger partial charge in [-0.15, -0.1) is 0 Å². The lowest BCUT2D eigenvalue weighted by Gasteiger charge is -2.27. The molecule has 0 saturated carbocycles. The minimum atomic E-state index is -1.09. The van der Waals surface area contributed by atoms with E-state index in [0.717, 1.165) is 49.9 Å². The number of phenols is 1. The third-order valence-corrected chi connectivity index (χ3v) is 8.90. The third kappa shape index (κ3) is 6.80. The minimum Gasteiger partial charge on any atom is -0.525 e. The van der Waals surface area contributed by atoms with E-state index in [4.69, 9.17) is 10.4 Å². The molecule has 4 aromatic carbocycles. The molecule has 2 aliphatic carbocycles. The maximum absolute atomic E-state index is 13.6. The summed E-state index contributed by atoms with van der Waals surface area (Å²) in [5.74, 6) is -0.849. The van der Waals surface area contributed by atoms with E-state index < -0.39 is 25.0 Å². The maximum Gasteiger partial charge on any atom is 0.429 e. The monoisotopic (exact) mass is 636 g/mol. The summed E-state index contributed by atoms with van der Waals surface area (Å²) >= 11 is 0. The Morgan fingerprint density at radius 1 is 0.917 bits per heavy atom. The van der Waals surface area contributed by atoms with Gasteiger partial charge in [0, 0.05) is 5.56 Å². The standard InChI is InChI=1S/C40H37BN2O5/c1-3-10-36(38(42)40(47)48-41(29-11-6-4-7-12-29)30-13-8-5-9-14-30)43-39(46)26-15-18-33(25(2)21-26)37-34-19-16-31(44)23-27(34)22-28-24-32(45)17-20-35(28)37/h4-9,11-21,23-24,36,38,44H,3,10,22,42H2,1-2H3,(H,43,46). The third-order valence-electron chi connectivity index (χ3n) is 8.90. The number of rotatable bonds is 10. The van der Waals surface area contributed by atoms with Gasteiger partial charge < -0.3 is 20.8 Å². The van der Waals surface area contributed by atoms with E-state index in [-0.39, 0.29) is 17.4 Å². The lowest BCUT2D eigenvalue weighted by molar-refractivity contribution is -0.136. The molecule has 6 rings (SSSR count). The number of fused-ring (bicyclic) bond motifs is 2. The number of nitrogens with two attached hydrogens (primary N) is 1. The Morgan fingerprint density at radius 3 is 2.23 bits per heavy atom. The zero-order valence-electron chi connectivity index (χ0n) is 27.0. The summed E-state index contributed by atoms with van der Waals surface area (Å²) in [6, 6.07) is 28.0. The second-order valence-electron chi connectivity index (χ2n) is 12.3. The van der Waals surface area contributed by atoms with Crippen molar-refractivity contribution in [2.24, 2.45) is 5.73 Å². The van der Waals surface area contributed by atoms with Crippen LogP contribution in [0.5, 0.6) is 5.75 Å². The number of benzene rings is 4. The molecule has 4 aromatic rings. The summed E-state index contributed by atoms with van der Waals surface area (Å²) in [5, 5.41) is 13.2. The highest BCUT2D eigenvalue weighted by atomic mass is 16.5. The van der Waals surface area contributed by atoms with Crippen LogP contribution in [0, 0.1) is 6.92 Å². The fourth-order valence-electron chi connectivity index (χ4n) is 6.50. The highest BCUT2D eigenvalue weighted by Crippen LogP contribution is 2.42. The van der Waals surface area contributed by atoms with Crippen LogP contribution in [0.4, 0.5) is 0 Å². The van der Waals surface area contributed by atoms with Crippen molar-refractivity contribution in [1.82, 2.24) is 5.32 Å². The smallest absolute Gasteiger partial charge is 0.429 e. The van der Waals surface area contributed by atoms with Crippen molar-refractivity contribution < 1.29 is 24.1 Å². The van der Waals surface area contributed by atoms with Gasteiger partial charge in [-0.1, -0.05) is 92.2 Å². The quantitative estimate of drug-likeness (QED) is 0.217. The predicted molar refractivity (Wildman–Crippen MR) is 189 cm³/mol. The summed E-state index contributed by atoms with van der Waals surface area (Å²) in [4.78, 5) is 39.4. The van der Waals surface area contributed by atoms with E-state index in [9.17, 15) is 19.5 Å². The second-order valence-corrected chi connectivity index (χ2v) is 12.3. The average Bonchev–Trinajstić information content (AvgIpc) is 3.09. The van der Waals surface area contributed by atoms with Gasteiger partial charge in [0.15, 0.2) is 5.78 Å². The van der Waals surface area contributed by atoms with Crippen LogP contribution < -0.4 is 22.0 Å². The van der Waals surface area contributed by atoms with Crippen molar-refractivity contribution in [3.05, 3.63) is 154 Å². The molecule has 0 saturated heterocycles. The summed E-state index contributed by atoms with van der Waals surface area (Å²) in [5.41, 5.74) is 15.0. The van der Waals surface area contributed by atoms with Gasteiger partial charge in [0.1, 0.15) is 11.8 Å². The van der Waals surface area contributed by atoms with Gasteiger partial charge in [-0.2, -0.15) is 0 Å². The molecule has 4 N–H and O–H groups in total. The van der Waals surface area contributed by atoms with Crippen LogP contribution >= 0.6 is 0 Å². The molecule has 0 heterocycles. The first-order valence-electron chi connectivity index (χ1n) is 16.2. The van der Waals surface area contributed by atoms with Crippen molar-refractivity contribution in [1.29, 1.82) is 0 Å². The van der Waals surface area contributed by atoms with E-state index in [0.29, 0.717) is 24.8 Å². The summed E-state index contributed by atoms with van der Waals surface area (Å²) in [7, 11) is 0. The number of phenolic OH excluding ortho intramolecular Hbond substituents is 1. The minimum absolute atomic E-state index is 0.0696. The Morgan fingerprint density at radius 2 is 1.58 bits per heavy atom. The number of allylic oxidation sites excluding steroid dienone is 5. The van der Waals surface area contributed by atoms with Gasteiger partial charge in [0.2, 0.25) is 0 Å². The second kappa shape index (κ2) is 14.1. The van der Waals surface area contributed by atoms with Crippen LogP contribution in [-0.2, 0) is 20.7 Å². The van der Waals surface area contributed by atoms with Gasteiger partial charge in [-0.25, -0.2) is 0 Å². The number of nitrogens with one attached hydrogen (secondary N) is 1. The fraction of sp³-hybridized carbons (Fsp3) is 0.175. The van der Waals surface area contributed by atoms with Crippen molar-refractivity contribution in [2.45, 2.75) is 45.2 Å². The van der Waals surface area contributed by atoms with Crippen molar-refractivity contribution in [2.75, 3.05) is 0 Å². The van der Waals surface area contributed by atoms with Crippen LogP contribution in [0.1, 0.15) is 52.4 Å². The molecule has 8 heteroatoms. The molecule has 0 fully saturated rings. The molecular formula is C40H37BN2O5. The lowest BCUT2D eigenvalue weighted by Crippen LogP contribution is -2.55. The highest BCUT2D eigenvalue weighted by molar-refractivity contribution is 6.81. The molecule has 7 nitrogen and oxygen atoms in total. The molecule has 1 amide bonds. The predicted octanol–water partition coefficient (Wildman–Crippen LogP) is 4.70. The topological polar surface area (TPSA) is 119 Å². The van der Waals surface area contributed by atoms with E-state index in [1.165, 1.54) is 0 Å². The van der Waals surface area contributed by atoms with Crippen LogP contribution in [0.2, 0.25) is 0 Å². The Hall–Kier alpha value is -5.47. The van der Waals surface area contributed by atoms with Gasteiger partial charge in [-0.05, 0) is 106 Å². The van der Waals surface area contributed by atoms with E-state index in [1.807, 2.05) is 98.8 Å². The number of amides is 1. The Balaban J connectivity index is 1.24. The van der Waals surface area contributed by atoms with Crippen molar-refractivity contribution in [3.8, 4) is 5.75 Å². The molecule has 0 aromatic heterocycles. The van der Waals surface area contributed by atoms with Gasteiger partial charge >= 0.3 is 12.9 Å². The molecule has 0 aliphatic heterocycles.